The average molecular weight is 568 g/mol. The van der Waals surface area contributed by atoms with E-state index in [1.54, 1.807) is 20.8 Å². The first-order chi connectivity index (χ1) is 17.5. The highest BCUT2D eigenvalue weighted by molar-refractivity contribution is 7.90. The van der Waals surface area contributed by atoms with Crippen molar-refractivity contribution >= 4 is 15.7 Å². The van der Waals surface area contributed by atoms with E-state index in [0.717, 1.165) is 0 Å². The molecule has 0 spiro atoms. The van der Waals surface area contributed by atoms with Gasteiger partial charge in [-0.25, -0.2) is 17.2 Å². The van der Waals surface area contributed by atoms with Crippen LogP contribution in [0.15, 0.2) is 12.7 Å². The lowest BCUT2D eigenvalue weighted by atomic mass is 9.77. The summed E-state index contributed by atoms with van der Waals surface area (Å²) in [4.78, 5) is 12.9. The molecule has 0 saturated carbocycles. The molecule has 1 aromatic carbocycles. The number of nitrogens with one attached hydrogen (secondary N) is 1. The van der Waals surface area contributed by atoms with E-state index in [0.29, 0.717) is 37.0 Å². The number of nitrogens with zero attached hydrogens (tertiary/aromatic N) is 1. The Bertz CT molecular complexity index is 1050. The quantitative estimate of drug-likeness (QED) is 0.0932. The second kappa shape index (κ2) is 14.3. The summed E-state index contributed by atoms with van der Waals surface area (Å²) < 4.78 is 87.2. The van der Waals surface area contributed by atoms with Crippen LogP contribution >= 0.6 is 0 Å². The molecule has 0 aliphatic rings. The van der Waals surface area contributed by atoms with Crippen LogP contribution in [0.4, 0.5) is 17.6 Å². The molecule has 0 bridgehead atoms. The van der Waals surface area contributed by atoms with Crippen molar-refractivity contribution in [3.8, 4) is 5.75 Å². The highest BCUT2D eigenvalue weighted by atomic mass is 32.2. The van der Waals surface area contributed by atoms with Gasteiger partial charge in [0.05, 0.1) is 39.5 Å². The molecule has 1 amide bonds. The molecule has 11 heteroatoms. The van der Waals surface area contributed by atoms with E-state index in [2.05, 4.69) is 11.9 Å². The summed E-state index contributed by atoms with van der Waals surface area (Å²) in [6, 6.07) is 0. The number of carbonyl (C=O) groups excluding carboxylic acids is 1. The van der Waals surface area contributed by atoms with Gasteiger partial charge in [0.2, 0.25) is 17.5 Å². The van der Waals surface area contributed by atoms with Gasteiger partial charge in [-0.3, -0.25) is 4.79 Å². The van der Waals surface area contributed by atoms with Crippen LogP contribution in [0, 0.1) is 28.7 Å². The SMILES string of the molecule is C=CCCOc1c(F)c(F)c(C(CC)CC(C)(C)C(=O)NCCC[N+](C)(C)CCCS(C)(=O)=O)c(F)c1F. The van der Waals surface area contributed by atoms with Crippen molar-refractivity contribution in [1.29, 1.82) is 0 Å². The van der Waals surface area contributed by atoms with E-state index in [1.807, 2.05) is 14.1 Å². The molecule has 0 fully saturated rings. The third-order valence-corrected chi connectivity index (χ3v) is 7.63. The van der Waals surface area contributed by atoms with E-state index < -0.39 is 55.8 Å². The number of halogens is 4. The Kier molecular flexibility index (Phi) is 12.8. The fraction of sp³-hybridized carbons (Fsp3) is 0.667. The van der Waals surface area contributed by atoms with Gasteiger partial charge in [-0.15, -0.1) is 6.58 Å². The van der Waals surface area contributed by atoms with Crippen molar-refractivity contribution in [3.05, 3.63) is 41.5 Å². The molecule has 0 radical (unpaired) electrons. The van der Waals surface area contributed by atoms with E-state index in [1.165, 1.54) is 12.3 Å². The van der Waals surface area contributed by atoms with Crippen molar-refractivity contribution in [2.75, 3.05) is 52.3 Å². The molecule has 0 aliphatic carbocycles. The maximum atomic E-state index is 14.9. The monoisotopic (exact) mass is 567 g/mol. The lowest BCUT2D eigenvalue weighted by Crippen LogP contribution is -2.44. The van der Waals surface area contributed by atoms with Gasteiger partial charge in [0, 0.05) is 36.6 Å². The summed E-state index contributed by atoms with van der Waals surface area (Å²) in [5, 5.41) is 2.84. The molecule has 1 unspecified atom stereocenters. The summed E-state index contributed by atoms with van der Waals surface area (Å²) in [5.41, 5.74) is -1.81. The third kappa shape index (κ3) is 10.2. The summed E-state index contributed by atoms with van der Waals surface area (Å²) in [7, 11) is 0.952. The van der Waals surface area contributed by atoms with Gasteiger partial charge < -0.3 is 14.5 Å². The van der Waals surface area contributed by atoms with Crippen molar-refractivity contribution in [3.63, 3.8) is 0 Å². The molecular formula is C27H43F4N2O4S+. The molecule has 0 saturated heterocycles. The first-order valence-electron chi connectivity index (χ1n) is 12.8. The van der Waals surface area contributed by atoms with E-state index in [9.17, 15) is 30.8 Å². The van der Waals surface area contributed by atoms with Crippen LogP contribution in [0.25, 0.3) is 0 Å². The van der Waals surface area contributed by atoms with Crippen molar-refractivity contribution in [2.45, 2.75) is 58.8 Å². The van der Waals surface area contributed by atoms with Crippen LogP contribution in [0.5, 0.6) is 5.75 Å². The van der Waals surface area contributed by atoms with Crippen LogP contribution in [-0.2, 0) is 14.6 Å². The van der Waals surface area contributed by atoms with Gasteiger partial charge in [0.1, 0.15) is 9.84 Å². The lowest BCUT2D eigenvalue weighted by Gasteiger charge is -2.31. The Hall–Kier alpha value is -2.14. The molecule has 0 aliphatic heterocycles. The molecule has 218 valence electrons. The van der Waals surface area contributed by atoms with Crippen LogP contribution in [0.3, 0.4) is 0 Å². The number of hydrogen-bond acceptors (Lipinski definition) is 4. The van der Waals surface area contributed by atoms with Crippen LogP contribution in [0.2, 0.25) is 0 Å². The highest BCUT2D eigenvalue weighted by Crippen LogP contribution is 2.40. The number of hydrogen-bond donors (Lipinski definition) is 1. The summed E-state index contributed by atoms with van der Waals surface area (Å²) in [6.45, 7) is 9.87. The minimum atomic E-state index is -3.01. The van der Waals surface area contributed by atoms with Crippen LogP contribution in [-0.4, -0.2) is 71.2 Å². The fourth-order valence-electron chi connectivity index (χ4n) is 4.33. The van der Waals surface area contributed by atoms with Gasteiger partial charge >= 0.3 is 0 Å². The maximum absolute atomic E-state index is 14.9. The minimum Gasteiger partial charge on any atom is -0.487 e. The topological polar surface area (TPSA) is 72.5 Å². The standard InChI is InChI=1S/C27H42F4N2O4S/c1-8-10-16-37-25-23(30)21(28)20(22(29)24(25)31)19(9-2)18-27(3,4)26(34)32-13-11-14-33(5,6)15-12-17-38(7,35)36/h8,19H,1,9-18H2,2-7H3/p+1. The van der Waals surface area contributed by atoms with Gasteiger partial charge in [-0.2, -0.15) is 8.78 Å². The highest BCUT2D eigenvalue weighted by Gasteiger charge is 2.36. The predicted molar refractivity (Wildman–Crippen MR) is 142 cm³/mol. The molecule has 1 atom stereocenters. The fourth-order valence-corrected chi connectivity index (χ4v) is 4.99. The number of carbonyl (C=O) groups is 1. The molecule has 38 heavy (non-hydrogen) atoms. The third-order valence-electron chi connectivity index (χ3n) is 6.60. The first-order valence-corrected chi connectivity index (χ1v) is 14.9. The number of rotatable bonds is 17. The Labute approximate surface area is 224 Å². The van der Waals surface area contributed by atoms with Gasteiger partial charge in [0.25, 0.3) is 0 Å². The Morgan fingerprint density at radius 2 is 1.63 bits per heavy atom. The zero-order valence-electron chi connectivity index (χ0n) is 23.4. The van der Waals surface area contributed by atoms with E-state index in [-0.39, 0.29) is 37.5 Å². The molecule has 0 aromatic heterocycles. The Morgan fingerprint density at radius 1 is 1.08 bits per heavy atom. The normalized spacial score (nSPS) is 13.3. The summed E-state index contributed by atoms with van der Waals surface area (Å²) >= 11 is 0. The minimum absolute atomic E-state index is 0.0359. The Morgan fingerprint density at radius 3 is 2.13 bits per heavy atom. The average Bonchev–Trinajstić information content (AvgIpc) is 2.81. The predicted octanol–water partition coefficient (Wildman–Crippen LogP) is 5.13. The lowest BCUT2D eigenvalue weighted by molar-refractivity contribution is -0.890. The molecule has 6 nitrogen and oxygen atoms in total. The van der Waals surface area contributed by atoms with E-state index >= 15 is 0 Å². The number of quaternary nitrogens is 1. The van der Waals surface area contributed by atoms with Crippen molar-refractivity contribution < 1.29 is 40.0 Å². The smallest absolute Gasteiger partial charge is 0.225 e. The zero-order chi connectivity index (χ0) is 29.3. The van der Waals surface area contributed by atoms with Crippen LogP contribution in [0.1, 0.15) is 64.4 Å². The Balaban J connectivity index is 2.85. The van der Waals surface area contributed by atoms with Gasteiger partial charge in [-0.05, 0) is 25.2 Å². The zero-order valence-corrected chi connectivity index (χ0v) is 24.2. The summed E-state index contributed by atoms with van der Waals surface area (Å²) in [5.74, 6) is -8.50. The maximum Gasteiger partial charge on any atom is 0.225 e. The molecular weight excluding hydrogens is 524 g/mol. The molecule has 1 rings (SSSR count). The molecule has 1 aromatic rings. The molecule has 1 N–H and O–H groups in total. The molecule has 0 heterocycles. The summed E-state index contributed by atoms with van der Waals surface area (Å²) in [6.07, 6.45) is 4.19. The second-order valence-corrected chi connectivity index (χ2v) is 13.4. The van der Waals surface area contributed by atoms with Crippen LogP contribution < -0.4 is 10.1 Å². The van der Waals surface area contributed by atoms with Crippen molar-refractivity contribution in [2.24, 2.45) is 5.41 Å². The van der Waals surface area contributed by atoms with E-state index in [4.69, 9.17) is 4.74 Å². The number of ether oxygens (including phenoxy) is 1. The van der Waals surface area contributed by atoms with Gasteiger partial charge in [-0.1, -0.05) is 26.8 Å². The van der Waals surface area contributed by atoms with Crippen molar-refractivity contribution in [1.82, 2.24) is 5.32 Å². The number of amides is 1. The van der Waals surface area contributed by atoms with Gasteiger partial charge in [0.15, 0.2) is 17.4 Å². The largest absolute Gasteiger partial charge is 0.487 e. The number of benzene rings is 1. The second-order valence-electron chi connectivity index (χ2n) is 11.1. The first kappa shape index (κ1) is 33.9. The number of sulfone groups is 1.